The largest absolute Gasteiger partial charge is 0.465 e. The summed E-state index contributed by atoms with van der Waals surface area (Å²) in [6.45, 7) is 4.94. The Morgan fingerprint density at radius 2 is 1.42 bits per heavy atom. The number of halogens is 3. The molecule has 4 nitrogen and oxygen atoms in total. The van der Waals surface area contributed by atoms with Gasteiger partial charge in [0.05, 0.1) is 12.2 Å². The SMILES string of the molecule is CCOC(=O)C(CC)(CC)C(=O)OCc1ccc(C(F)(F)F)cc1. The van der Waals surface area contributed by atoms with Crippen molar-refractivity contribution in [3.8, 4) is 0 Å². The summed E-state index contributed by atoms with van der Waals surface area (Å²) in [5.74, 6) is -1.38. The normalized spacial score (nSPS) is 11.9. The van der Waals surface area contributed by atoms with Crippen LogP contribution in [0.15, 0.2) is 24.3 Å². The van der Waals surface area contributed by atoms with Crippen molar-refractivity contribution in [1.82, 2.24) is 0 Å². The first kappa shape index (κ1) is 20.0. The monoisotopic (exact) mass is 346 g/mol. The smallest absolute Gasteiger partial charge is 0.416 e. The highest BCUT2D eigenvalue weighted by Crippen LogP contribution is 2.31. The number of hydrogen-bond acceptors (Lipinski definition) is 4. The van der Waals surface area contributed by atoms with E-state index in [0.717, 1.165) is 12.1 Å². The van der Waals surface area contributed by atoms with Gasteiger partial charge in [0, 0.05) is 0 Å². The Balaban J connectivity index is 2.81. The third-order valence-corrected chi connectivity index (χ3v) is 3.92. The van der Waals surface area contributed by atoms with Gasteiger partial charge in [-0.2, -0.15) is 13.2 Å². The van der Waals surface area contributed by atoms with E-state index in [1.54, 1.807) is 20.8 Å². The molecule has 0 spiro atoms. The van der Waals surface area contributed by atoms with Crippen molar-refractivity contribution in [3.05, 3.63) is 35.4 Å². The van der Waals surface area contributed by atoms with Crippen LogP contribution in [-0.4, -0.2) is 18.5 Å². The third kappa shape index (κ3) is 4.49. The van der Waals surface area contributed by atoms with Crippen molar-refractivity contribution in [3.63, 3.8) is 0 Å². The van der Waals surface area contributed by atoms with Crippen LogP contribution in [0.4, 0.5) is 13.2 Å². The summed E-state index contributed by atoms with van der Waals surface area (Å²) in [4.78, 5) is 24.4. The Hall–Kier alpha value is -2.05. The molecule has 24 heavy (non-hydrogen) atoms. The Kier molecular flexibility index (Phi) is 6.81. The molecule has 0 radical (unpaired) electrons. The average molecular weight is 346 g/mol. The van der Waals surface area contributed by atoms with Gasteiger partial charge >= 0.3 is 18.1 Å². The van der Waals surface area contributed by atoms with Crippen molar-refractivity contribution < 1.29 is 32.2 Å². The van der Waals surface area contributed by atoms with E-state index in [1.807, 2.05) is 0 Å². The van der Waals surface area contributed by atoms with Crippen molar-refractivity contribution in [2.75, 3.05) is 6.61 Å². The quantitative estimate of drug-likeness (QED) is 0.550. The maximum atomic E-state index is 12.5. The lowest BCUT2D eigenvalue weighted by molar-refractivity contribution is -0.174. The summed E-state index contributed by atoms with van der Waals surface area (Å²) < 4.78 is 47.6. The van der Waals surface area contributed by atoms with Crippen molar-refractivity contribution >= 4 is 11.9 Å². The lowest BCUT2D eigenvalue weighted by atomic mass is 9.82. The minimum atomic E-state index is -4.42. The second kappa shape index (κ2) is 8.17. The Morgan fingerprint density at radius 1 is 0.917 bits per heavy atom. The highest BCUT2D eigenvalue weighted by molar-refractivity contribution is 5.99. The fourth-order valence-corrected chi connectivity index (χ4v) is 2.26. The molecular weight excluding hydrogens is 325 g/mol. The second-order valence-corrected chi connectivity index (χ2v) is 5.28. The van der Waals surface area contributed by atoms with Gasteiger partial charge in [0.15, 0.2) is 5.41 Å². The van der Waals surface area contributed by atoms with Gasteiger partial charge in [0.25, 0.3) is 0 Å². The maximum absolute atomic E-state index is 12.5. The molecule has 1 aromatic carbocycles. The maximum Gasteiger partial charge on any atom is 0.416 e. The van der Waals surface area contributed by atoms with Crippen LogP contribution in [0.3, 0.4) is 0 Å². The molecule has 0 N–H and O–H groups in total. The fourth-order valence-electron chi connectivity index (χ4n) is 2.26. The van der Waals surface area contributed by atoms with E-state index in [2.05, 4.69) is 0 Å². The molecule has 1 rings (SSSR count). The molecule has 0 amide bonds. The number of ether oxygens (including phenoxy) is 2. The zero-order valence-electron chi connectivity index (χ0n) is 13.9. The van der Waals surface area contributed by atoms with Crippen LogP contribution in [0, 0.1) is 5.41 Å². The highest BCUT2D eigenvalue weighted by Gasteiger charge is 2.45. The standard InChI is InChI=1S/C17H21F3O4/c1-4-16(5-2,14(21)23-6-3)15(22)24-11-12-7-9-13(10-8-12)17(18,19)20/h7-10H,4-6,11H2,1-3H3. The van der Waals surface area contributed by atoms with Crippen molar-refractivity contribution in [2.24, 2.45) is 5.41 Å². The summed E-state index contributed by atoms with van der Waals surface area (Å²) in [6.07, 6.45) is -3.99. The molecule has 0 saturated heterocycles. The summed E-state index contributed by atoms with van der Waals surface area (Å²) >= 11 is 0. The van der Waals surface area contributed by atoms with Crippen LogP contribution in [-0.2, 0) is 31.8 Å². The van der Waals surface area contributed by atoms with E-state index in [0.29, 0.717) is 5.56 Å². The van der Waals surface area contributed by atoms with Crippen LogP contribution >= 0.6 is 0 Å². The highest BCUT2D eigenvalue weighted by atomic mass is 19.4. The number of carbonyl (C=O) groups is 2. The number of esters is 2. The molecule has 0 fully saturated rings. The number of benzene rings is 1. The summed E-state index contributed by atoms with van der Waals surface area (Å²) in [7, 11) is 0. The number of rotatable bonds is 7. The van der Waals surface area contributed by atoms with Gasteiger partial charge in [-0.3, -0.25) is 9.59 Å². The first-order valence-electron chi connectivity index (χ1n) is 7.71. The van der Waals surface area contributed by atoms with Crippen molar-refractivity contribution in [2.45, 2.75) is 46.4 Å². The van der Waals surface area contributed by atoms with Crippen LogP contribution in [0.25, 0.3) is 0 Å². The summed E-state index contributed by atoms with van der Waals surface area (Å²) in [5, 5.41) is 0. The van der Waals surface area contributed by atoms with E-state index in [-0.39, 0.29) is 26.1 Å². The van der Waals surface area contributed by atoms with E-state index in [9.17, 15) is 22.8 Å². The number of alkyl halides is 3. The Morgan fingerprint density at radius 3 is 1.83 bits per heavy atom. The molecular formula is C17H21F3O4. The van der Waals surface area contributed by atoms with E-state index >= 15 is 0 Å². The summed E-state index contributed by atoms with van der Waals surface area (Å²) in [5.41, 5.74) is -1.76. The fraction of sp³-hybridized carbons (Fsp3) is 0.529. The molecule has 0 aliphatic carbocycles. The van der Waals surface area contributed by atoms with Gasteiger partial charge in [-0.15, -0.1) is 0 Å². The zero-order chi connectivity index (χ0) is 18.4. The lowest BCUT2D eigenvalue weighted by Gasteiger charge is -2.26. The predicted molar refractivity (Wildman–Crippen MR) is 80.9 cm³/mol. The van der Waals surface area contributed by atoms with Gasteiger partial charge in [0.1, 0.15) is 6.61 Å². The van der Waals surface area contributed by atoms with Gasteiger partial charge in [-0.05, 0) is 37.5 Å². The first-order chi connectivity index (χ1) is 11.2. The van der Waals surface area contributed by atoms with Crippen LogP contribution in [0.5, 0.6) is 0 Å². The van der Waals surface area contributed by atoms with E-state index in [4.69, 9.17) is 9.47 Å². The van der Waals surface area contributed by atoms with Gasteiger partial charge in [0.2, 0.25) is 0 Å². The molecule has 7 heteroatoms. The number of carbonyl (C=O) groups excluding carboxylic acids is 2. The van der Waals surface area contributed by atoms with Crippen LogP contribution in [0.1, 0.15) is 44.7 Å². The van der Waals surface area contributed by atoms with E-state index in [1.165, 1.54) is 12.1 Å². The lowest BCUT2D eigenvalue weighted by Crippen LogP contribution is -2.41. The van der Waals surface area contributed by atoms with E-state index < -0.39 is 29.1 Å². The molecule has 0 heterocycles. The van der Waals surface area contributed by atoms with Crippen molar-refractivity contribution in [1.29, 1.82) is 0 Å². The first-order valence-corrected chi connectivity index (χ1v) is 7.71. The number of hydrogen-bond donors (Lipinski definition) is 0. The van der Waals surface area contributed by atoms with Gasteiger partial charge < -0.3 is 9.47 Å². The molecule has 0 aromatic heterocycles. The predicted octanol–water partition coefficient (Wildman–Crippen LogP) is 4.12. The molecule has 0 saturated carbocycles. The van der Waals surface area contributed by atoms with Gasteiger partial charge in [-0.1, -0.05) is 26.0 Å². The summed E-state index contributed by atoms with van der Waals surface area (Å²) in [6, 6.07) is 4.31. The van der Waals surface area contributed by atoms with Crippen LogP contribution in [0.2, 0.25) is 0 Å². The molecule has 0 atom stereocenters. The molecule has 1 aromatic rings. The average Bonchev–Trinajstić information content (AvgIpc) is 2.54. The topological polar surface area (TPSA) is 52.6 Å². The third-order valence-electron chi connectivity index (χ3n) is 3.92. The molecule has 134 valence electrons. The minimum absolute atomic E-state index is 0.146. The minimum Gasteiger partial charge on any atom is -0.465 e. The van der Waals surface area contributed by atoms with Crippen LogP contribution < -0.4 is 0 Å². The molecule has 0 aliphatic rings. The second-order valence-electron chi connectivity index (χ2n) is 5.28. The molecule has 0 aliphatic heterocycles. The Labute approximate surface area is 138 Å². The molecule has 0 bridgehead atoms. The zero-order valence-corrected chi connectivity index (χ0v) is 13.9. The Bertz CT molecular complexity index is 560. The molecule has 0 unspecified atom stereocenters. The van der Waals surface area contributed by atoms with Gasteiger partial charge in [-0.25, -0.2) is 0 Å².